The number of aryl methyl sites for hydroxylation is 2. The van der Waals surface area contributed by atoms with E-state index in [2.05, 4.69) is 14.4 Å². The number of nitriles is 1. The molecule has 0 amide bonds. The first-order chi connectivity index (χ1) is 12.2. The summed E-state index contributed by atoms with van der Waals surface area (Å²) in [5.74, 6) is 0.782. The van der Waals surface area contributed by atoms with E-state index in [1.807, 2.05) is 52.8 Å². The molecular formula is C19H22N4O2S. The largest absolute Gasteiger partial charge is 0.591 e. The molecule has 0 bridgehead atoms. The van der Waals surface area contributed by atoms with Gasteiger partial charge in [-0.2, -0.15) is 5.26 Å². The minimum atomic E-state index is -1.52. The van der Waals surface area contributed by atoms with Crippen LogP contribution in [0, 0.1) is 25.2 Å². The Labute approximate surface area is 157 Å². The molecule has 0 saturated carbocycles. The summed E-state index contributed by atoms with van der Waals surface area (Å²) in [6.07, 6.45) is 2.94. The van der Waals surface area contributed by atoms with Gasteiger partial charge in [0.25, 0.3) is 0 Å². The van der Waals surface area contributed by atoms with Crippen molar-refractivity contribution >= 4 is 17.1 Å². The summed E-state index contributed by atoms with van der Waals surface area (Å²) in [7, 11) is 1.62. The second-order valence-electron chi connectivity index (χ2n) is 6.81. The lowest BCUT2D eigenvalue weighted by molar-refractivity contribution is 0.408. The fourth-order valence-electron chi connectivity index (χ4n) is 2.45. The van der Waals surface area contributed by atoms with Gasteiger partial charge in [0.1, 0.15) is 39.3 Å². The van der Waals surface area contributed by atoms with Crippen molar-refractivity contribution in [3.63, 3.8) is 0 Å². The van der Waals surface area contributed by atoms with Gasteiger partial charge < -0.3 is 9.29 Å². The smallest absolute Gasteiger partial charge is 0.168 e. The molecule has 2 aromatic rings. The number of nitrogens with zero attached hydrogens (tertiary/aromatic N) is 4. The first-order valence-electron chi connectivity index (χ1n) is 8.06. The van der Waals surface area contributed by atoms with E-state index in [0.717, 1.165) is 22.4 Å². The molecule has 1 heterocycles. The number of benzene rings is 1. The van der Waals surface area contributed by atoms with E-state index in [9.17, 15) is 9.81 Å². The SMILES string of the molecule is COc1c(C)cc(C(=N[S@+]([O-])C(C)(C)C)c2nccnc2C#N)cc1C. The zero-order valence-corrected chi connectivity index (χ0v) is 16.6. The van der Waals surface area contributed by atoms with Crippen LogP contribution in [0.15, 0.2) is 28.9 Å². The van der Waals surface area contributed by atoms with Crippen LogP contribution in [0.4, 0.5) is 0 Å². The molecule has 26 heavy (non-hydrogen) atoms. The number of rotatable bonds is 4. The van der Waals surface area contributed by atoms with Crippen LogP contribution >= 0.6 is 0 Å². The average molecular weight is 370 g/mol. The lowest BCUT2D eigenvalue weighted by Crippen LogP contribution is -2.27. The molecule has 2 rings (SSSR count). The van der Waals surface area contributed by atoms with E-state index >= 15 is 0 Å². The molecule has 0 radical (unpaired) electrons. The quantitative estimate of drug-likeness (QED) is 0.608. The highest BCUT2D eigenvalue weighted by Gasteiger charge is 2.29. The Hall–Kier alpha value is -2.43. The summed E-state index contributed by atoms with van der Waals surface area (Å²) in [4.78, 5) is 8.35. The number of methoxy groups -OCH3 is 1. The fraction of sp³-hybridized carbons (Fsp3) is 0.368. The molecule has 0 aliphatic rings. The number of hydrogen-bond donors (Lipinski definition) is 0. The zero-order valence-electron chi connectivity index (χ0n) is 15.8. The van der Waals surface area contributed by atoms with E-state index in [1.54, 1.807) is 7.11 Å². The highest BCUT2D eigenvalue weighted by molar-refractivity contribution is 7.91. The van der Waals surface area contributed by atoms with Crippen LogP contribution < -0.4 is 4.74 Å². The van der Waals surface area contributed by atoms with Gasteiger partial charge in [0, 0.05) is 18.0 Å². The Morgan fingerprint density at radius 3 is 2.27 bits per heavy atom. The van der Waals surface area contributed by atoms with Gasteiger partial charge in [-0.25, -0.2) is 9.97 Å². The summed E-state index contributed by atoms with van der Waals surface area (Å²) in [5, 5.41) is 9.40. The maximum Gasteiger partial charge on any atom is 0.168 e. The van der Waals surface area contributed by atoms with Crippen LogP contribution in [0.1, 0.15) is 48.8 Å². The van der Waals surface area contributed by atoms with E-state index in [-0.39, 0.29) is 5.69 Å². The van der Waals surface area contributed by atoms with E-state index < -0.39 is 16.1 Å². The topological polar surface area (TPSA) is 94.2 Å². The molecule has 6 nitrogen and oxygen atoms in total. The summed E-state index contributed by atoms with van der Waals surface area (Å²) in [6, 6.07) is 5.81. The Morgan fingerprint density at radius 1 is 1.19 bits per heavy atom. The van der Waals surface area contributed by atoms with Gasteiger partial charge in [-0.05, 0) is 57.9 Å². The Morgan fingerprint density at radius 2 is 1.77 bits per heavy atom. The van der Waals surface area contributed by atoms with Crippen LogP contribution in [0.25, 0.3) is 0 Å². The summed E-state index contributed by atoms with van der Waals surface area (Å²) in [6.45, 7) is 9.38. The van der Waals surface area contributed by atoms with Crippen LogP contribution in [0.3, 0.4) is 0 Å². The predicted molar refractivity (Wildman–Crippen MR) is 103 cm³/mol. The van der Waals surface area contributed by atoms with Crippen LogP contribution in [0.5, 0.6) is 5.75 Å². The second-order valence-corrected chi connectivity index (χ2v) is 8.72. The van der Waals surface area contributed by atoms with Crippen molar-refractivity contribution < 1.29 is 9.29 Å². The van der Waals surface area contributed by atoms with Crippen molar-refractivity contribution in [1.82, 2.24) is 9.97 Å². The molecule has 0 saturated heterocycles. The maximum absolute atomic E-state index is 12.7. The molecule has 0 aliphatic carbocycles. The zero-order chi connectivity index (χ0) is 19.5. The summed E-state index contributed by atoms with van der Waals surface area (Å²) in [5.41, 5.74) is 3.39. The third-order valence-corrected chi connectivity index (χ3v) is 5.06. The highest BCUT2D eigenvalue weighted by atomic mass is 32.2. The van der Waals surface area contributed by atoms with Crippen molar-refractivity contribution in [3.05, 3.63) is 52.6 Å². The molecule has 7 heteroatoms. The first-order valence-corrected chi connectivity index (χ1v) is 9.17. The van der Waals surface area contributed by atoms with Gasteiger partial charge >= 0.3 is 0 Å². The van der Waals surface area contributed by atoms with Gasteiger partial charge in [-0.15, -0.1) is 0 Å². The lowest BCUT2D eigenvalue weighted by Gasteiger charge is -2.20. The van der Waals surface area contributed by atoms with Gasteiger partial charge in [0.05, 0.1) is 7.11 Å². The molecule has 136 valence electrons. The minimum Gasteiger partial charge on any atom is -0.591 e. The third-order valence-electron chi connectivity index (χ3n) is 3.66. The molecule has 0 N–H and O–H groups in total. The van der Waals surface area contributed by atoms with E-state index in [4.69, 9.17) is 4.74 Å². The molecule has 0 spiro atoms. The van der Waals surface area contributed by atoms with Gasteiger partial charge in [0.2, 0.25) is 0 Å². The van der Waals surface area contributed by atoms with Crippen LogP contribution in [0.2, 0.25) is 0 Å². The summed E-state index contributed by atoms with van der Waals surface area (Å²) < 4.78 is 22.0. The van der Waals surface area contributed by atoms with Crippen molar-refractivity contribution in [2.75, 3.05) is 7.11 Å². The predicted octanol–water partition coefficient (Wildman–Crippen LogP) is 3.27. The van der Waals surface area contributed by atoms with E-state index in [1.165, 1.54) is 12.4 Å². The Bertz CT molecular complexity index is 859. The second kappa shape index (κ2) is 7.85. The molecule has 0 aliphatic heterocycles. The van der Waals surface area contributed by atoms with Crippen molar-refractivity contribution in [2.24, 2.45) is 4.40 Å². The molecule has 1 atom stereocenters. The normalized spacial score (nSPS) is 13.2. The molecule has 0 unspecified atom stereocenters. The highest BCUT2D eigenvalue weighted by Crippen LogP contribution is 2.27. The Balaban J connectivity index is 2.74. The molecule has 1 aromatic heterocycles. The fourth-order valence-corrected chi connectivity index (χ4v) is 3.09. The average Bonchev–Trinajstić information content (AvgIpc) is 2.58. The maximum atomic E-state index is 12.7. The number of hydrogen-bond acceptors (Lipinski definition) is 6. The third kappa shape index (κ3) is 4.21. The molecule has 1 aromatic carbocycles. The van der Waals surface area contributed by atoms with Crippen molar-refractivity contribution in [1.29, 1.82) is 5.26 Å². The number of aromatic nitrogens is 2. The summed E-state index contributed by atoms with van der Waals surface area (Å²) >= 11 is -1.52. The molecule has 0 fully saturated rings. The minimum absolute atomic E-state index is 0.142. The first kappa shape index (κ1) is 19.9. The van der Waals surface area contributed by atoms with Gasteiger partial charge in [-0.1, -0.05) is 4.40 Å². The van der Waals surface area contributed by atoms with Gasteiger partial charge in [-0.3, -0.25) is 0 Å². The standard InChI is InChI=1S/C19H22N4O2S/c1-12-9-14(10-13(2)18(12)25-6)16(23-26(24)19(3,4)5)17-15(11-20)21-7-8-22-17/h7-10H,1-6H3/t26-/m1/s1. The number of ether oxygens (including phenoxy) is 1. The van der Waals surface area contributed by atoms with Crippen LogP contribution in [-0.2, 0) is 11.4 Å². The van der Waals surface area contributed by atoms with E-state index in [0.29, 0.717) is 11.4 Å². The van der Waals surface area contributed by atoms with Crippen LogP contribution in [-0.4, -0.2) is 32.1 Å². The van der Waals surface area contributed by atoms with Crippen molar-refractivity contribution in [3.8, 4) is 11.8 Å². The van der Waals surface area contributed by atoms with Crippen molar-refractivity contribution in [2.45, 2.75) is 39.4 Å². The lowest BCUT2D eigenvalue weighted by atomic mass is 10.00. The monoisotopic (exact) mass is 370 g/mol. The Kier molecular flexibility index (Phi) is 6.01. The van der Waals surface area contributed by atoms with Gasteiger partial charge in [0.15, 0.2) is 5.69 Å². The molecular weight excluding hydrogens is 348 g/mol.